The summed E-state index contributed by atoms with van der Waals surface area (Å²) in [5, 5.41) is 3.35. The van der Waals surface area contributed by atoms with Gasteiger partial charge in [-0.15, -0.1) is 0 Å². The molecule has 4 heterocycles. The number of hydrogen-bond acceptors (Lipinski definition) is 7. The third-order valence-corrected chi connectivity index (χ3v) is 4.55. The number of benzene rings is 1. The minimum atomic E-state index is -0.361. The lowest BCUT2D eigenvalue weighted by atomic mass is 10.1. The number of fused-ring (bicyclic) bond motifs is 2. The summed E-state index contributed by atoms with van der Waals surface area (Å²) in [4.78, 5) is 29.5. The number of imidazole rings is 1. The molecule has 0 amide bonds. The summed E-state index contributed by atoms with van der Waals surface area (Å²) in [5.74, 6) is 0.244. The fourth-order valence-electron chi connectivity index (χ4n) is 3.18. The Morgan fingerprint density at radius 3 is 2.79 bits per heavy atom. The van der Waals surface area contributed by atoms with E-state index in [4.69, 9.17) is 4.98 Å². The van der Waals surface area contributed by atoms with Crippen molar-refractivity contribution < 1.29 is 4.39 Å². The first kappa shape index (κ1) is 17.1. The van der Waals surface area contributed by atoms with Gasteiger partial charge in [-0.05, 0) is 31.2 Å². The maximum absolute atomic E-state index is 13.7. The SMILES string of the molecule is CC(Nc1ncnc2nc[nH]c12)c1nc2ccc(F)cc2nc1-c1ccccn1. The van der Waals surface area contributed by atoms with Crippen molar-refractivity contribution >= 4 is 28.0 Å². The highest BCUT2D eigenvalue weighted by molar-refractivity contribution is 5.82. The lowest BCUT2D eigenvalue weighted by Gasteiger charge is -2.18. The molecule has 1 atom stereocenters. The van der Waals surface area contributed by atoms with E-state index in [9.17, 15) is 4.39 Å². The van der Waals surface area contributed by atoms with Crippen molar-refractivity contribution in [2.45, 2.75) is 13.0 Å². The van der Waals surface area contributed by atoms with Crippen LogP contribution in [0.15, 0.2) is 55.2 Å². The summed E-state index contributed by atoms with van der Waals surface area (Å²) in [7, 11) is 0. The van der Waals surface area contributed by atoms with Crippen molar-refractivity contribution in [2.24, 2.45) is 0 Å². The molecule has 2 N–H and O–H groups in total. The molecule has 0 aliphatic carbocycles. The molecule has 8 nitrogen and oxygen atoms in total. The minimum absolute atomic E-state index is 0.268. The molecule has 0 aliphatic heterocycles. The molecule has 0 spiro atoms. The van der Waals surface area contributed by atoms with Crippen LogP contribution in [0.3, 0.4) is 0 Å². The van der Waals surface area contributed by atoms with Gasteiger partial charge in [0.1, 0.15) is 23.4 Å². The Morgan fingerprint density at radius 2 is 1.93 bits per heavy atom. The lowest BCUT2D eigenvalue weighted by Crippen LogP contribution is -2.13. The van der Waals surface area contributed by atoms with Gasteiger partial charge in [0, 0.05) is 12.3 Å². The predicted octanol–water partition coefficient (Wildman–Crippen LogP) is 3.67. The van der Waals surface area contributed by atoms with Crippen molar-refractivity contribution in [3.8, 4) is 11.4 Å². The molecule has 0 saturated heterocycles. The Balaban J connectivity index is 1.64. The number of anilines is 1. The van der Waals surface area contributed by atoms with Gasteiger partial charge in [-0.25, -0.2) is 29.3 Å². The zero-order valence-corrected chi connectivity index (χ0v) is 15.3. The molecule has 5 aromatic rings. The van der Waals surface area contributed by atoms with E-state index in [-0.39, 0.29) is 11.9 Å². The average Bonchev–Trinajstić information content (AvgIpc) is 3.23. The quantitative estimate of drug-likeness (QED) is 0.485. The van der Waals surface area contributed by atoms with E-state index in [1.54, 1.807) is 18.6 Å². The zero-order valence-electron chi connectivity index (χ0n) is 15.3. The number of aromatic amines is 1. The smallest absolute Gasteiger partial charge is 0.182 e. The fourth-order valence-corrected chi connectivity index (χ4v) is 3.18. The Labute approximate surface area is 164 Å². The Kier molecular flexibility index (Phi) is 4.05. The molecule has 0 bridgehead atoms. The van der Waals surface area contributed by atoms with Crippen LogP contribution in [0.2, 0.25) is 0 Å². The summed E-state index contributed by atoms with van der Waals surface area (Å²) < 4.78 is 13.7. The molecule has 0 fully saturated rings. The monoisotopic (exact) mass is 386 g/mol. The first-order valence-corrected chi connectivity index (χ1v) is 8.98. The normalized spacial score (nSPS) is 12.3. The summed E-state index contributed by atoms with van der Waals surface area (Å²) in [6.07, 6.45) is 4.71. The minimum Gasteiger partial charge on any atom is -0.360 e. The van der Waals surface area contributed by atoms with E-state index in [0.29, 0.717) is 45.1 Å². The van der Waals surface area contributed by atoms with Crippen molar-refractivity contribution in [3.63, 3.8) is 0 Å². The topological polar surface area (TPSA) is 105 Å². The summed E-state index contributed by atoms with van der Waals surface area (Å²) in [6, 6.07) is 9.65. The molecule has 1 aromatic carbocycles. The highest BCUT2D eigenvalue weighted by atomic mass is 19.1. The molecule has 9 heteroatoms. The predicted molar refractivity (Wildman–Crippen MR) is 106 cm³/mol. The van der Waals surface area contributed by atoms with Gasteiger partial charge in [-0.2, -0.15) is 0 Å². The fraction of sp³-hybridized carbons (Fsp3) is 0.100. The molecular weight excluding hydrogens is 371 g/mol. The first-order valence-electron chi connectivity index (χ1n) is 8.98. The van der Waals surface area contributed by atoms with Gasteiger partial charge in [-0.3, -0.25) is 4.98 Å². The second kappa shape index (κ2) is 6.86. The molecule has 29 heavy (non-hydrogen) atoms. The van der Waals surface area contributed by atoms with Crippen molar-refractivity contribution in [1.29, 1.82) is 0 Å². The molecule has 5 rings (SSSR count). The van der Waals surface area contributed by atoms with Crippen LogP contribution < -0.4 is 5.32 Å². The lowest BCUT2D eigenvalue weighted by molar-refractivity contribution is 0.629. The number of nitrogens with one attached hydrogen (secondary N) is 2. The van der Waals surface area contributed by atoms with E-state index >= 15 is 0 Å². The van der Waals surface area contributed by atoms with Gasteiger partial charge < -0.3 is 10.3 Å². The van der Waals surface area contributed by atoms with Crippen molar-refractivity contribution in [3.05, 3.63) is 66.8 Å². The number of rotatable bonds is 4. The summed E-state index contributed by atoms with van der Waals surface area (Å²) in [6.45, 7) is 1.95. The first-order chi connectivity index (χ1) is 14.2. The Morgan fingerprint density at radius 1 is 1.00 bits per heavy atom. The number of pyridine rings is 1. The molecule has 4 aromatic heterocycles. The van der Waals surface area contributed by atoms with Gasteiger partial charge in [0.25, 0.3) is 0 Å². The second-order valence-corrected chi connectivity index (χ2v) is 6.49. The van der Waals surface area contributed by atoms with Crippen LogP contribution in [0.5, 0.6) is 0 Å². The number of hydrogen-bond donors (Lipinski definition) is 2. The number of aromatic nitrogens is 7. The number of nitrogens with zero attached hydrogens (tertiary/aromatic N) is 6. The van der Waals surface area contributed by atoms with Gasteiger partial charge in [0.15, 0.2) is 11.5 Å². The van der Waals surface area contributed by atoms with E-state index in [1.807, 2.05) is 25.1 Å². The molecular formula is C20H15FN8. The maximum Gasteiger partial charge on any atom is 0.182 e. The maximum atomic E-state index is 13.7. The van der Waals surface area contributed by atoms with Crippen LogP contribution in [-0.4, -0.2) is 34.9 Å². The number of halogens is 1. The second-order valence-electron chi connectivity index (χ2n) is 6.49. The van der Waals surface area contributed by atoms with Crippen molar-refractivity contribution in [2.75, 3.05) is 5.32 Å². The van der Waals surface area contributed by atoms with Crippen LogP contribution in [0.4, 0.5) is 10.2 Å². The molecule has 0 saturated carbocycles. The van der Waals surface area contributed by atoms with Crippen LogP contribution in [0, 0.1) is 5.82 Å². The van der Waals surface area contributed by atoms with E-state index < -0.39 is 0 Å². The van der Waals surface area contributed by atoms with Gasteiger partial charge in [0.2, 0.25) is 0 Å². The highest BCUT2D eigenvalue weighted by Crippen LogP contribution is 2.29. The molecule has 1 unspecified atom stereocenters. The van der Waals surface area contributed by atoms with Crippen LogP contribution in [0.1, 0.15) is 18.7 Å². The summed E-state index contributed by atoms with van der Waals surface area (Å²) in [5.41, 5.74) is 4.26. The van der Waals surface area contributed by atoms with E-state index in [1.165, 1.54) is 18.5 Å². The van der Waals surface area contributed by atoms with Crippen LogP contribution >= 0.6 is 0 Å². The third-order valence-electron chi connectivity index (χ3n) is 4.55. The van der Waals surface area contributed by atoms with Crippen LogP contribution in [-0.2, 0) is 0 Å². The van der Waals surface area contributed by atoms with E-state index in [0.717, 1.165) is 0 Å². The van der Waals surface area contributed by atoms with Gasteiger partial charge in [0.05, 0.1) is 34.8 Å². The molecule has 142 valence electrons. The average molecular weight is 386 g/mol. The molecule has 0 aliphatic rings. The van der Waals surface area contributed by atoms with Gasteiger partial charge >= 0.3 is 0 Å². The van der Waals surface area contributed by atoms with E-state index in [2.05, 4.69) is 35.2 Å². The zero-order chi connectivity index (χ0) is 19.8. The summed E-state index contributed by atoms with van der Waals surface area (Å²) >= 11 is 0. The largest absolute Gasteiger partial charge is 0.360 e. The van der Waals surface area contributed by atoms with Crippen LogP contribution in [0.25, 0.3) is 33.6 Å². The molecule has 0 radical (unpaired) electrons. The number of H-pyrrole nitrogens is 1. The van der Waals surface area contributed by atoms with Gasteiger partial charge in [-0.1, -0.05) is 6.07 Å². The Hall–Kier alpha value is -4.01. The highest BCUT2D eigenvalue weighted by Gasteiger charge is 2.19. The Bertz CT molecular complexity index is 1320. The standard InChI is InChI=1S/C20H15FN8/c1-11(27-20-18-19(24-9-23-18)25-10-26-20)16-17(14-4-2-3-7-22-14)29-15-8-12(21)5-6-13(15)28-16/h2-11H,1H3,(H2,23,24,25,26,27). The van der Waals surface area contributed by atoms with Crippen molar-refractivity contribution in [1.82, 2.24) is 34.9 Å². The third kappa shape index (κ3) is 3.12.